The standard InChI is InChI=1S/C23H16N4O2/c28-21-12-6-1-7-16(21)13-14-22-25-18-9-3-2-8-17(18)23(29)27(22)26-15-24-19-10-4-5-11-20(19)26/h1-15,28H/b14-13+. The summed E-state index contributed by atoms with van der Waals surface area (Å²) in [4.78, 5) is 22.5. The lowest BCUT2D eigenvalue weighted by molar-refractivity contribution is 0.474. The average molecular weight is 380 g/mol. The van der Waals surface area contributed by atoms with Gasteiger partial charge in [0.1, 0.15) is 12.1 Å². The summed E-state index contributed by atoms with van der Waals surface area (Å²) < 4.78 is 3.19. The van der Waals surface area contributed by atoms with Gasteiger partial charge in [-0.1, -0.05) is 42.5 Å². The third kappa shape index (κ3) is 2.87. The fraction of sp³-hybridized carbons (Fsp3) is 0. The first-order valence-electron chi connectivity index (χ1n) is 9.13. The van der Waals surface area contributed by atoms with Crippen molar-refractivity contribution in [1.29, 1.82) is 0 Å². The van der Waals surface area contributed by atoms with Crippen molar-refractivity contribution in [3.05, 3.63) is 101 Å². The summed E-state index contributed by atoms with van der Waals surface area (Å²) in [6.45, 7) is 0. The van der Waals surface area contributed by atoms with Gasteiger partial charge in [0.05, 0.1) is 21.9 Å². The van der Waals surface area contributed by atoms with Gasteiger partial charge in [0.25, 0.3) is 5.56 Å². The number of aromatic nitrogens is 4. The molecular weight excluding hydrogens is 364 g/mol. The lowest BCUT2D eigenvalue weighted by Crippen LogP contribution is -2.28. The second kappa shape index (κ2) is 6.76. The highest BCUT2D eigenvalue weighted by molar-refractivity contribution is 5.80. The number of hydrogen-bond donors (Lipinski definition) is 1. The number of benzene rings is 3. The van der Waals surface area contributed by atoms with Gasteiger partial charge in [-0.3, -0.25) is 4.79 Å². The van der Waals surface area contributed by atoms with E-state index >= 15 is 0 Å². The molecule has 2 aromatic heterocycles. The highest BCUT2D eigenvalue weighted by Gasteiger charge is 2.13. The van der Waals surface area contributed by atoms with Gasteiger partial charge in [0.15, 0.2) is 5.82 Å². The van der Waals surface area contributed by atoms with Crippen molar-refractivity contribution in [2.24, 2.45) is 0 Å². The van der Waals surface area contributed by atoms with Crippen LogP contribution in [0.15, 0.2) is 83.9 Å². The molecule has 0 aliphatic carbocycles. The smallest absolute Gasteiger partial charge is 0.281 e. The van der Waals surface area contributed by atoms with Crippen LogP contribution in [-0.4, -0.2) is 24.4 Å². The van der Waals surface area contributed by atoms with Crippen LogP contribution in [0.3, 0.4) is 0 Å². The number of hydrogen-bond acceptors (Lipinski definition) is 4. The first-order valence-corrected chi connectivity index (χ1v) is 9.13. The van der Waals surface area contributed by atoms with Crippen molar-refractivity contribution < 1.29 is 5.11 Å². The number of imidazole rings is 1. The molecule has 2 heterocycles. The fourth-order valence-electron chi connectivity index (χ4n) is 3.36. The summed E-state index contributed by atoms with van der Waals surface area (Å²) in [6.07, 6.45) is 5.07. The van der Waals surface area contributed by atoms with E-state index in [1.54, 1.807) is 47.4 Å². The zero-order valence-corrected chi connectivity index (χ0v) is 15.3. The summed E-state index contributed by atoms with van der Waals surface area (Å²) in [6, 6.07) is 21.8. The molecule has 140 valence electrons. The van der Waals surface area contributed by atoms with Crippen LogP contribution in [0.5, 0.6) is 5.75 Å². The lowest BCUT2D eigenvalue weighted by Gasteiger charge is -2.13. The first kappa shape index (κ1) is 16.9. The Labute approximate surface area is 165 Å². The van der Waals surface area contributed by atoms with Gasteiger partial charge in [-0.25, -0.2) is 14.6 Å². The zero-order chi connectivity index (χ0) is 19.8. The first-order chi connectivity index (χ1) is 14.2. The summed E-state index contributed by atoms with van der Waals surface area (Å²) in [5.41, 5.74) is 2.62. The predicted octanol–water partition coefficient (Wildman–Crippen LogP) is 3.93. The molecule has 29 heavy (non-hydrogen) atoms. The van der Waals surface area contributed by atoms with Crippen LogP contribution in [0.1, 0.15) is 11.4 Å². The molecule has 0 unspecified atom stereocenters. The van der Waals surface area contributed by atoms with E-state index < -0.39 is 0 Å². The second-order valence-corrected chi connectivity index (χ2v) is 6.57. The van der Waals surface area contributed by atoms with Crippen molar-refractivity contribution in [3.63, 3.8) is 0 Å². The molecule has 0 fully saturated rings. The van der Waals surface area contributed by atoms with Crippen LogP contribution in [0.4, 0.5) is 0 Å². The van der Waals surface area contributed by atoms with Gasteiger partial charge in [-0.15, -0.1) is 0 Å². The number of phenolic OH excluding ortho intramolecular Hbond substituents is 1. The molecule has 0 aliphatic rings. The summed E-state index contributed by atoms with van der Waals surface area (Å²) in [5, 5.41) is 10.6. The van der Waals surface area contributed by atoms with E-state index in [1.165, 1.54) is 4.68 Å². The fourth-order valence-corrected chi connectivity index (χ4v) is 3.36. The van der Waals surface area contributed by atoms with E-state index in [0.29, 0.717) is 22.3 Å². The van der Waals surface area contributed by atoms with Crippen LogP contribution in [-0.2, 0) is 0 Å². The van der Waals surface area contributed by atoms with Crippen LogP contribution < -0.4 is 5.56 Å². The molecule has 0 saturated carbocycles. The Morgan fingerprint density at radius 2 is 1.55 bits per heavy atom. The minimum Gasteiger partial charge on any atom is -0.507 e. The Hall–Kier alpha value is -4.19. The maximum atomic E-state index is 13.4. The van der Waals surface area contributed by atoms with Gasteiger partial charge in [0, 0.05) is 5.56 Å². The molecule has 0 spiro atoms. The Balaban J connectivity index is 1.80. The van der Waals surface area contributed by atoms with Gasteiger partial charge < -0.3 is 5.11 Å². The van der Waals surface area contributed by atoms with E-state index in [1.807, 2.05) is 48.5 Å². The van der Waals surface area contributed by atoms with Crippen LogP contribution in [0.25, 0.3) is 34.1 Å². The number of phenols is 1. The molecule has 5 rings (SSSR count). The van der Waals surface area contributed by atoms with Crippen molar-refractivity contribution >= 4 is 34.1 Å². The maximum absolute atomic E-state index is 13.4. The van der Waals surface area contributed by atoms with Gasteiger partial charge in [-0.2, -0.15) is 4.68 Å². The van der Waals surface area contributed by atoms with Crippen LogP contribution in [0, 0.1) is 0 Å². The number of nitrogens with zero attached hydrogens (tertiary/aromatic N) is 4. The SMILES string of the molecule is O=c1c2ccccc2nc(/C=C/c2ccccc2O)n1-n1cnc2ccccc21. The molecule has 5 aromatic rings. The molecule has 3 aromatic carbocycles. The third-order valence-electron chi connectivity index (χ3n) is 4.78. The van der Waals surface area contributed by atoms with E-state index in [4.69, 9.17) is 0 Å². The Morgan fingerprint density at radius 1 is 0.828 bits per heavy atom. The van der Waals surface area contributed by atoms with E-state index in [0.717, 1.165) is 11.0 Å². The number of aromatic hydroxyl groups is 1. The molecule has 1 N–H and O–H groups in total. The van der Waals surface area contributed by atoms with E-state index in [-0.39, 0.29) is 11.3 Å². The van der Waals surface area contributed by atoms with Crippen molar-refractivity contribution in [3.8, 4) is 5.75 Å². The van der Waals surface area contributed by atoms with Crippen LogP contribution in [0.2, 0.25) is 0 Å². The van der Waals surface area contributed by atoms with Gasteiger partial charge in [-0.05, 0) is 42.5 Å². The molecule has 0 atom stereocenters. The predicted molar refractivity (Wildman–Crippen MR) is 114 cm³/mol. The zero-order valence-electron chi connectivity index (χ0n) is 15.3. The van der Waals surface area contributed by atoms with Crippen molar-refractivity contribution in [1.82, 2.24) is 19.3 Å². The molecule has 6 nitrogen and oxygen atoms in total. The van der Waals surface area contributed by atoms with E-state index in [2.05, 4.69) is 9.97 Å². The van der Waals surface area contributed by atoms with Crippen LogP contribution >= 0.6 is 0 Å². The molecule has 6 heteroatoms. The Morgan fingerprint density at radius 3 is 2.41 bits per heavy atom. The van der Waals surface area contributed by atoms with Crippen molar-refractivity contribution in [2.45, 2.75) is 0 Å². The number of para-hydroxylation sites is 4. The summed E-state index contributed by atoms with van der Waals surface area (Å²) in [7, 11) is 0. The summed E-state index contributed by atoms with van der Waals surface area (Å²) in [5.74, 6) is 0.589. The minimum absolute atomic E-state index is 0.159. The minimum atomic E-state index is -0.198. The monoisotopic (exact) mass is 380 g/mol. The topological polar surface area (TPSA) is 72.9 Å². The second-order valence-electron chi connectivity index (χ2n) is 6.57. The molecular formula is C23H16N4O2. The molecule has 0 saturated heterocycles. The molecule has 0 bridgehead atoms. The Kier molecular flexibility index (Phi) is 3.95. The maximum Gasteiger partial charge on any atom is 0.281 e. The lowest BCUT2D eigenvalue weighted by atomic mass is 10.2. The third-order valence-corrected chi connectivity index (χ3v) is 4.78. The molecule has 0 amide bonds. The highest BCUT2D eigenvalue weighted by Crippen LogP contribution is 2.20. The highest BCUT2D eigenvalue weighted by atomic mass is 16.3. The summed E-state index contributed by atoms with van der Waals surface area (Å²) >= 11 is 0. The molecule has 0 aliphatic heterocycles. The average Bonchev–Trinajstić information content (AvgIpc) is 3.17. The Bertz CT molecular complexity index is 1450. The quantitative estimate of drug-likeness (QED) is 0.515. The van der Waals surface area contributed by atoms with Crippen molar-refractivity contribution in [2.75, 3.05) is 0 Å². The molecule has 0 radical (unpaired) electrons. The van der Waals surface area contributed by atoms with Gasteiger partial charge >= 0.3 is 0 Å². The van der Waals surface area contributed by atoms with E-state index in [9.17, 15) is 9.90 Å². The van der Waals surface area contributed by atoms with Gasteiger partial charge in [0.2, 0.25) is 0 Å². The number of fused-ring (bicyclic) bond motifs is 2. The largest absolute Gasteiger partial charge is 0.507 e. The normalized spacial score (nSPS) is 11.6. The number of rotatable bonds is 3.